The summed E-state index contributed by atoms with van der Waals surface area (Å²) in [7, 11) is 0. The first kappa shape index (κ1) is 20.3. The first-order chi connectivity index (χ1) is 14.1. The zero-order valence-electron chi connectivity index (χ0n) is 16.0. The highest BCUT2D eigenvalue weighted by Crippen LogP contribution is 2.14. The van der Waals surface area contributed by atoms with Crippen LogP contribution in [0.25, 0.3) is 0 Å². The van der Waals surface area contributed by atoms with E-state index in [1.165, 1.54) is 12.1 Å². The number of carbonyl (C=O) groups excluding carboxylic acids is 2. The van der Waals surface area contributed by atoms with E-state index >= 15 is 0 Å². The van der Waals surface area contributed by atoms with Crippen molar-refractivity contribution in [2.45, 2.75) is 25.3 Å². The highest BCUT2D eigenvalue weighted by Gasteiger charge is 2.22. The lowest BCUT2D eigenvalue weighted by Gasteiger charge is -2.19. The molecule has 3 rings (SSSR count). The average Bonchev–Trinajstić information content (AvgIpc) is 2.76. The molecule has 0 heterocycles. The molecule has 3 aromatic rings. The Labute approximate surface area is 169 Å². The van der Waals surface area contributed by atoms with Crippen LogP contribution in [-0.4, -0.2) is 17.9 Å². The molecule has 0 fully saturated rings. The number of para-hydroxylation sites is 1. The van der Waals surface area contributed by atoms with Gasteiger partial charge in [0.25, 0.3) is 5.91 Å². The van der Waals surface area contributed by atoms with Crippen molar-refractivity contribution >= 4 is 17.5 Å². The van der Waals surface area contributed by atoms with E-state index in [1.54, 1.807) is 36.4 Å². The molecule has 1 unspecified atom stereocenters. The average molecular weight is 390 g/mol. The Kier molecular flexibility index (Phi) is 7.11. The van der Waals surface area contributed by atoms with Crippen molar-refractivity contribution < 1.29 is 14.0 Å². The van der Waals surface area contributed by atoms with Crippen molar-refractivity contribution in [3.05, 3.63) is 102 Å². The van der Waals surface area contributed by atoms with Crippen LogP contribution in [0, 0.1) is 5.82 Å². The van der Waals surface area contributed by atoms with Gasteiger partial charge in [0.2, 0.25) is 5.91 Å². The number of halogens is 1. The van der Waals surface area contributed by atoms with Crippen LogP contribution in [0.4, 0.5) is 10.1 Å². The summed E-state index contributed by atoms with van der Waals surface area (Å²) >= 11 is 0. The Morgan fingerprint density at radius 3 is 2.14 bits per heavy atom. The van der Waals surface area contributed by atoms with Gasteiger partial charge in [-0.2, -0.15) is 0 Å². The van der Waals surface area contributed by atoms with Gasteiger partial charge in [-0.1, -0.05) is 60.7 Å². The van der Waals surface area contributed by atoms with Gasteiger partial charge in [-0.3, -0.25) is 9.59 Å². The molecule has 0 aliphatic heterocycles. The number of benzene rings is 3. The second kappa shape index (κ2) is 10.2. The molecule has 5 heteroatoms. The predicted molar refractivity (Wildman–Crippen MR) is 112 cm³/mol. The van der Waals surface area contributed by atoms with Crippen LogP contribution in [0.1, 0.15) is 28.8 Å². The molecule has 0 saturated heterocycles. The zero-order valence-corrected chi connectivity index (χ0v) is 16.0. The Morgan fingerprint density at radius 2 is 1.45 bits per heavy atom. The third-order valence-corrected chi connectivity index (χ3v) is 4.59. The summed E-state index contributed by atoms with van der Waals surface area (Å²) in [4.78, 5) is 25.3. The van der Waals surface area contributed by atoms with Gasteiger partial charge in [0.1, 0.15) is 11.9 Å². The lowest BCUT2D eigenvalue weighted by atomic mass is 10.0. The number of hydrogen-bond donors (Lipinski definition) is 2. The summed E-state index contributed by atoms with van der Waals surface area (Å²) in [6.45, 7) is 0. The molecular formula is C24H23FN2O2. The minimum atomic E-state index is -0.772. The first-order valence-electron chi connectivity index (χ1n) is 9.59. The number of rotatable bonds is 8. The fraction of sp³-hybridized carbons (Fsp3) is 0.167. The lowest BCUT2D eigenvalue weighted by molar-refractivity contribution is -0.118. The quantitative estimate of drug-likeness (QED) is 0.591. The van der Waals surface area contributed by atoms with Gasteiger partial charge in [0, 0.05) is 5.56 Å². The SMILES string of the molecule is O=C(NC(CCCc1ccccc1)C(=O)Nc1ccccc1F)c1ccccc1. The second-order valence-electron chi connectivity index (χ2n) is 6.74. The monoisotopic (exact) mass is 390 g/mol. The summed E-state index contributed by atoms with van der Waals surface area (Å²) in [6, 6.07) is 23.9. The smallest absolute Gasteiger partial charge is 0.251 e. The van der Waals surface area contributed by atoms with Crippen LogP contribution in [0.5, 0.6) is 0 Å². The van der Waals surface area contributed by atoms with Crippen LogP contribution in [0.3, 0.4) is 0 Å². The molecule has 2 N–H and O–H groups in total. The van der Waals surface area contributed by atoms with Crippen LogP contribution in [0.2, 0.25) is 0 Å². The zero-order chi connectivity index (χ0) is 20.5. The molecule has 0 bridgehead atoms. The van der Waals surface area contributed by atoms with Gasteiger partial charge in [-0.15, -0.1) is 0 Å². The van der Waals surface area contributed by atoms with Gasteiger partial charge < -0.3 is 10.6 Å². The van der Waals surface area contributed by atoms with E-state index in [4.69, 9.17) is 0 Å². The second-order valence-corrected chi connectivity index (χ2v) is 6.74. The van der Waals surface area contributed by atoms with Crippen molar-refractivity contribution in [2.24, 2.45) is 0 Å². The van der Waals surface area contributed by atoms with Gasteiger partial charge >= 0.3 is 0 Å². The van der Waals surface area contributed by atoms with Gasteiger partial charge in [0.05, 0.1) is 5.69 Å². The van der Waals surface area contributed by atoms with E-state index in [1.807, 2.05) is 36.4 Å². The highest BCUT2D eigenvalue weighted by molar-refractivity contribution is 6.01. The minimum Gasteiger partial charge on any atom is -0.340 e. The predicted octanol–water partition coefficient (Wildman–Crippen LogP) is 4.59. The van der Waals surface area contributed by atoms with Crippen molar-refractivity contribution in [3.63, 3.8) is 0 Å². The largest absolute Gasteiger partial charge is 0.340 e. The molecule has 0 aromatic heterocycles. The first-order valence-corrected chi connectivity index (χ1v) is 9.59. The summed E-state index contributed by atoms with van der Waals surface area (Å²) in [5.74, 6) is -1.29. The fourth-order valence-corrected chi connectivity index (χ4v) is 3.04. The van der Waals surface area contributed by atoms with Crippen molar-refractivity contribution in [3.8, 4) is 0 Å². The molecule has 1 atom stereocenters. The van der Waals surface area contributed by atoms with Gasteiger partial charge in [-0.25, -0.2) is 4.39 Å². The number of nitrogens with one attached hydrogen (secondary N) is 2. The number of hydrogen-bond acceptors (Lipinski definition) is 2. The van der Waals surface area contributed by atoms with Crippen molar-refractivity contribution in [1.29, 1.82) is 0 Å². The Bertz CT molecular complexity index is 945. The standard InChI is InChI=1S/C24H23FN2O2/c25-20-15-7-8-16-21(20)26-24(29)22(17-9-12-18-10-3-1-4-11-18)27-23(28)19-13-5-2-6-14-19/h1-8,10-11,13-16,22H,9,12,17H2,(H,26,29)(H,27,28). The summed E-state index contributed by atoms with van der Waals surface area (Å²) < 4.78 is 13.9. The molecule has 148 valence electrons. The Balaban J connectivity index is 1.68. The molecule has 0 aliphatic rings. The third kappa shape index (κ3) is 6.01. The van der Waals surface area contributed by atoms with Crippen LogP contribution < -0.4 is 10.6 Å². The maximum Gasteiger partial charge on any atom is 0.251 e. The number of anilines is 1. The maximum absolute atomic E-state index is 13.9. The summed E-state index contributed by atoms with van der Waals surface area (Å²) in [5.41, 5.74) is 1.73. The summed E-state index contributed by atoms with van der Waals surface area (Å²) in [5, 5.41) is 5.37. The number of aryl methyl sites for hydroxylation is 1. The Hall–Kier alpha value is -3.47. The third-order valence-electron chi connectivity index (χ3n) is 4.59. The molecule has 0 aliphatic carbocycles. The van der Waals surface area contributed by atoms with E-state index in [9.17, 15) is 14.0 Å². The van der Waals surface area contributed by atoms with E-state index in [0.29, 0.717) is 18.4 Å². The van der Waals surface area contributed by atoms with E-state index in [-0.39, 0.29) is 11.6 Å². The van der Waals surface area contributed by atoms with Gasteiger partial charge in [0.15, 0.2) is 0 Å². The molecule has 29 heavy (non-hydrogen) atoms. The van der Waals surface area contributed by atoms with Gasteiger partial charge in [-0.05, 0) is 49.1 Å². The van der Waals surface area contributed by atoms with Crippen LogP contribution >= 0.6 is 0 Å². The molecule has 0 radical (unpaired) electrons. The topological polar surface area (TPSA) is 58.2 Å². The van der Waals surface area contributed by atoms with E-state index in [0.717, 1.165) is 12.0 Å². The minimum absolute atomic E-state index is 0.0968. The molecular weight excluding hydrogens is 367 g/mol. The summed E-state index contributed by atoms with van der Waals surface area (Å²) in [6.07, 6.45) is 1.92. The highest BCUT2D eigenvalue weighted by atomic mass is 19.1. The van der Waals surface area contributed by atoms with Crippen molar-refractivity contribution in [2.75, 3.05) is 5.32 Å². The Morgan fingerprint density at radius 1 is 0.828 bits per heavy atom. The fourth-order valence-electron chi connectivity index (χ4n) is 3.04. The lowest BCUT2D eigenvalue weighted by Crippen LogP contribution is -2.44. The van der Waals surface area contributed by atoms with Crippen molar-refractivity contribution in [1.82, 2.24) is 5.32 Å². The molecule has 0 saturated carbocycles. The van der Waals surface area contributed by atoms with Crippen LogP contribution in [0.15, 0.2) is 84.9 Å². The molecule has 2 amide bonds. The number of carbonyl (C=O) groups is 2. The maximum atomic E-state index is 13.9. The molecule has 0 spiro atoms. The van der Waals surface area contributed by atoms with E-state index < -0.39 is 17.8 Å². The molecule has 4 nitrogen and oxygen atoms in total. The molecule has 3 aromatic carbocycles. The van der Waals surface area contributed by atoms with Crippen LogP contribution in [-0.2, 0) is 11.2 Å². The normalized spacial score (nSPS) is 11.5. The van der Waals surface area contributed by atoms with E-state index in [2.05, 4.69) is 10.6 Å². The number of amides is 2.